The molecular weight excluding hydrogens is 372 g/mol. The van der Waals surface area contributed by atoms with Crippen LogP contribution in [-0.2, 0) is 4.74 Å². The first-order valence-corrected chi connectivity index (χ1v) is 9.27. The number of hydrogen-bond acceptors (Lipinski definition) is 6. The van der Waals surface area contributed by atoms with Gasteiger partial charge in [-0.25, -0.2) is 4.98 Å². The number of furan rings is 1. The molecule has 0 bridgehead atoms. The van der Waals surface area contributed by atoms with Crippen LogP contribution < -0.4 is 10.6 Å². The topological polar surface area (TPSA) is 114 Å². The Kier molecular flexibility index (Phi) is 4.06. The van der Waals surface area contributed by atoms with Gasteiger partial charge in [-0.1, -0.05) is 0 Å². The summed E-state index contributed by atoms with van der Waals surface area (Å²) in [5.41, 5.74) is 9.94. The van der Waals surface area contributed by atoms with Gasteiger partial charge in [0, 0.05) is 24.2 Å². The average molecular weight is 390 g/mol. The number of nitrogens with two attached hydrogens (primary N) is 1. The van der Waals surface area contributed by atoms with Crippen LogP contribution in [0, 0.1) is 0 Å². The molecule has 146 valence electrons. The molecule has 0 atom stereocenters. The second-order valence-electron chi connectivity index (χ2n) is 6.96. The van der Waals surface area contributed by atoms with E-state index in [0.29, 0.717) is 53.1 Å². The highest BCUT2D eigenvalue weighted by atomic mass is 16.5. The van der Waals surface area contributed by atoms with Gasteiger partial charge in [-0.05, 0) is 30.3 Å². The Bertz CT molecular complexity index is 1250. The fourth-order valence-corrected chi connectivity index (χ4v) is 3.73. The molecule has 4 heterocycles. The van der Waals surface area contributed by atoms with E-state index < -0.39 is 5.91 Å². The Morgan fingerprint density at radius 2 is 2.03 bits per heavy atom. The number of amides is 1. The van der Waals surface area contributed by atoms with Gasteiger partial charge in [0.2, 0.25) is 0 Å². The molecule has 1 saturated heterocycles. The van der Waals surface area contributed by atoms with E-state index >= 15 is 0 Å². The van der Waals surface area contributed by atoms with Gasteiger partial charge in [-0.3, -0.25) is 9.59 Å². The largest absolute Gasteiger partial charge is 0.462 e. The van der Waals surface area contributed by atoms with Gasteiger partial charge in [-0.2, -0.15) is 0 Å². The molecule has 5 rings (SSSR count). The molecule has 8 heteroatoms. The fraction of sp³-hybridized carbons (Fsp3) is 0.190. The Hall–Kier alpha value is -3.65. The van der Waals surface area contributed by atoms with Crippen LogP contribution in [0.4, 0.5) is 5.69 Å². The third kappa shape index (κ3) is 2.94. The van der Waals surface area contributed by atoms with Crippen molar-refractivity contribution < 1.29 is 18.7 Å². The van der Waals surface area contributed by atoms with Crippen LogP contribution in [0.2, 0.25) is 0 Å². The summed E-state index contributed by atoms with van der Waals surface area (Å²) in [6.45, 7) is 3.07. The molecule has 1 fully saturated rings. The molecular formula is C21H18N4O4. The SMILES string of the molecule is NC(=O)c1cc(-c2cc(C=O)co2)nc2c1[nH]c1cc(N3CCOCC3)ccc12. The molecule has 1 aliphatic rings. The quantitative estimate of drug-likeness (QED) is 0.518. The molecule has 0 unspecified atom stereocenters. The molecule has 8 nitrogen and oxygen atoms in total. The van der Waals surface area contributed by atoms with Crippen molar-refractivity contribution in [1.29, 1.82) is 0 Å². The lowest BCUT2D eigenvalue weighted by atomic mass is 10.1. The highest BCUT2D eigenvalue weighted by Gasteiger charge is 2.19. The van der Waals surface area contributed by atoms with Gasteiger partial charge in [0.05, 0.1) is 40.9 Å². The molecule has 29 heavy (non-hydrogen) atoms. The number of primary amides is 1. The number of rotatable bonds is 4. The Morgan fingerprint density at radius 1 is 1.21 bits per heavy atom. The number of hydrogen-bond donors (Lipinski definition) is 2. The van der Waals surface area contributed by atoms with Crippen molar-refractivity contribution >= 4 is 39.8 Å². The maximum absolute atomic E-state index is 12.1. The number of aromatic amines is 1. The maximum Gasteiger partial charge on any atom is 0.250 e. The van der Waals surface area contributed by atoms with E-state index in [4.69, 9.17) is 14.9 Å². The third-order valence-corrected chi connectivity index (χ3v) is 5.19. The summed E-state index contributed by atoms with van der Waals surface area (Å²) in [5, 5.41) is 0.878. The van der Waals surface area contributed by atoms with Crippen molar-refractivity contribution in [3.63, 3.8) is 0 Å². The van der Waals surface area contributed by atoms with E-state index in [1.165, 1.54) is 6.26 Å². The first-order chi connectivity index (χ1) is 14.1. The monoisotopic (exact) mass is 390 g/mol. The lowest BCUT2D eigenvalue weighted by molar-refractivity contribution is 0.100. The second-order valence-corrected chi connectivity index (χ2v) is 6.96. The van der Waals surface area contributed by atoms with Crippen molar-refractivity contribution in [3.05, 3.63) is 47.7 Å². The summed E-state index contributed by atoms with van der Waals surface area (Å²) in [4.78, 5) is 33.3. The van der Waals surface area contributed by atoms with Gasteiger partial charge in [0.25, 0.3) is 5.91 Å². The number of benzene rings is 1. The van der Waals surface area contributed by atoms with E-state index in [2.05, 4.69) is 14.9 Å². The third-order valence-electron chi connectivity index (χ3n) is 5.19. The molecule has 1 aliphatic heterocycles. The summed E-state index contributed by atoms with van der Waals surface area (Å²) in [5.74, 6) is -0.170. The van der Waals surface area contributed by atoms with E-state index in [-0.39, 0.29) is 0 Å². The van der Waals surface area contributed by atoms with Gasteiger partial charge >= 0.3 is 0 Å². The number of ether oxygens (including phenoxy) is 1. The highest BCUT2D eigenvalue weighted by Crippen LogP contribution is 2.32. The van der Waals surface area contributed by atoms with E-state index in [1.54, 1.807) is 12.1 Å². The zero-order chi connectivity index (χ0) is 20.0. The van der Waals surface area contributed by atoms with E-state index in [1.807, 2.05) is 18.2 Å². The minimum atomic E-state index is -0.569. The van der Waals surface area contributed by atoms with Gasteiger partial charge in [0.1, 0.15) is 12.0 Å². The Balaban J connectivity index is 1.69. The first-order valence-electron chi connectivity index (χ1n) is 9.27. The van der Waals surface area contributed by atoms with Crippen LogP contribution in [0.25, 0.3) is 33.4 Å². The normalized spacial score (nSPS) is 14.6. The number of nitrogens with zero attached hydrogens (tertiary/aromatic N) is 2. The average Bonchev–Trinajstić information content (AvgIpc) is 3.37. The smallest absolute Gasteiger partial charge is 0.250 e. The number of fused-ring (bicyclic) bond motifs is 3. The van der Waals surface area contributed by atoms with Crippen molar-refractivity contribution in [1.82, 2.24) is 9.97 Å². The van der Waals surface area contributed by atoms with E-state index in [0.717, 1.165) is 29.7 Å². The van der Waals surface area contributed by atoms with Crippen LogP contribution in [0.3, 0.4) is 0 Å². The molecule has 0 saturated carbocycles. The molecule has 3 N–H and O–H groups in total. The molecule has 0 aliphatic carbocycles. The number of morpholine rings is 1. The number of pyridine rings is 1. The number of aldehydes is 1. The zero-order valence-electron chi connectivity index (χ0n) is 15.5. The zero-order valence-corrected chi connectivity index (χ0v) is 15.5. The van der Waals surface area contributed by atoms with Crippen LogP contribution in [-0.4, -0.2) is 48.5 Å². The second kappa shape index (κ2) is 6.75. The summed E-state index contributed by atoms with van der Waals surface area (Å²) in [6, 6.07) is 9.23. The predicted molar refractivity (Wildman–Crippen MR) is 108 cm³/mol. The summed E-state index contributed by atoms with van der Waals surface area (Å²) in [6.07, 6.45) is 2.04. The van der Waals surface area contributed by atoms with Gasteiger partial charge < -0.3 is 24.8 Å². The van der Waals surface area contributed by atoms with E-state index in [9.17, 15) is 9.59 Å². The molecule has 1 aromatic carbocycles. The molecule has 0 radical (unpaired) electrons. The van der Waals surface area contributed by atoms with Crippen molar-refractivity contribution in [2.24, 2.45) is 5.73 Å². The number of H-pyrrole nitrogens is 1. The van der Waals surface area contributed by atoms with Gasteiger partial charge in [0.15, 0.2) is 12.0 Å². The molecule has 3 aromatic heterocycles. The minimum absolute atomic E-state index is 0.318. The lowest BCUT2D eigenvalue weighted by Crippen LogP contribution is -2.36. The standard InChI is InChI=1S/C21H18N4O4/c22-21(27)15-9-17(18-7-12(10-26)11-29-18)24-19-14-2-1-13(8-16(14)23-20(15)19)25-3-5-28-6-4-25/h1-2,7-11,23H,3-6H2,(H2,22,27). The number of carbonyl (C=O) groups excluding carboxylic acids is 2. The number of carbonyl (C=O) groups is 2. The first kappa shape index (κ1) is 17.4. The highest BCUT2D eigenvalue weighted by molar-refractivity contribution is 6.14. The summed E-state index contributed by atoms with van der Waals surface area (Å²) >= 11 is 0. The van der Waals surface area contributed by atoms with Crippen LogP contribution >= 0.6 is 0 Å². The molecule has 0 spiro atoms. The minimum Gasteiger partial charge on any atom is -0.462 e. The number of aromatic nitrogens is 2. The summed E-state index contributed by atoms with van der Waals surface area (Å²) < 4.78 is 10.9. The van der Waals surface area contributed by atoms with Crippen molar-refractivity contribution in [2.45, 2.75) is 0 Å². The van der Waals surface area contributed by atoms with Crippen LogP contribution in [0.15, 0.2) is 41.0 Å². The Morgan fingerprint density at radius 3 is 2.76 bits per heavy atom. The maximum atomic E-state index is 12.1. The van der Waals surface area contributed by atoms with Crippen LogP contribution in [0.1, 0.15) is 20.7 Å². The molecule has 4 aromatic rings. The number of nitrogens with one attached hydrogen (secondary N) is 1. The Labute approximate surface area is 165 Å². The van der Waals surface area contributed by atoms with Crippen molar-refractivity contribution in [2.75, 3.05) is 31.2 Å². The predicted octanol–water partition coefficient (Wildman–Crippen LogP) is 2.72. The lowest BCUT2D eigenvalue weighted by Gasteiger charge is -2.28. The molecule has 1 amide bonds. The van der Waals surface area contributed by atoms with Crippen LogP contribution in [0.5, 0.6) is 0 Å². The fourth-order valence-electron chi connectivity index (χ4n) is 3.73. The number of anilines is 1. The van der Waals surface area contributed by atoms with Crippen molar-refractivity contribution in [3.8, 4) is 11.5 Å². The summed E-state index contributed by atoms with van der Waals surface area (Å²) in [7, 11) is 0. The van der Waals surface area contributed by atoms with Gasteiger partial charge in [-0.15, -0.1) is 0 Å².